The topological polar surface area (TPSA) is 113 Å². The summed E-state index contributed by atoms with van der Waals surface area (Å²) in [5.41, 5.74) is -0.424. The Balaban J connectivity index is 1.31. The first-order valence-electron chi connectivity index (χ1n) is 10.9. The lowest BCUT2D eigenvalue weighted by Crippen LogP contribution is -2.40. The molecule has 35 heavy (non-hydrogen) atoms. The Hall–Kier alpha value is -3.79. The third kappa shape index (κ3) is 5.83. The Labute approximate surface area is 204 Å². The predicted molar refractivity (Wildman–Crippen MR) is 123 cm³/mol. The van der Waals surface area contributed by atoms with Crippen LogP contribution >= 0.6 is 11.6 Å². The molecule has 0 radical (unpaired) electrons. The van der Waals surface area contributed by atoms with E-state index in [9.17, 15) is 23.2 Å². The van der Waals surface area contributed by atoms with Crippen LogP contribution in [0.5, 0.6) is 5.75 Å². The summed E-state index contributed by atoms with van der Waals surface area (Å²) in [4.78, 5) is 44.3. The van der Waals surface area contributed by atoms with Gasteiger partial charge in [0.1, 0.15) is 11.6 Å². The SMILES string of the molecule is O=C(NC1CCC(C(=O)Nc2c(F)cc(F)cc2Cl)CC1)c1nc[nH]c1C(=O)Oc1ccccc1. The number of halogens is 3. The van der Waals surface area contributed by atoms with Gasteiger partial charge in [-0.1, -0.05) is 29.8 Å². The number of benzene rings is 2. The standard InChI is InChI=1S/C24H21ClF2N4O4/c25-17-10-14(26)11-18(27)19(17)31-22(32)13-6-8-15(9-7-13)30-23(33)20-21(29-12-28-20)24(34)35-16-4-2-1-3-5-16/h1-5,10-13,15H,6-9H2,(H,28,29)(H,30,33)(H,31,32). The average molecular weight is 503 g/mol. The highest BCUT2D eigenvalue weighted by Gasteiger charge is 2.30. The van der Waals surface area contributed by atoms with Crippen molar-refractivity contribution in [2.75, 3.05) is 5.32 Å². The van der Waals surface area contributed by atoms with Crippen LogP contribution in [0.25, 0.3) is 0 Å². The highest BCUT2D eigenvalue weighted by atomic mass is 35.5. The van der Waals surface area contributed by atoms with Crippen LogP contribution in [0.2, 0.25) is 5.02 Å². The summed E-state index contributed by atoms with van der Waals surface area (Å²) >= 11 is 5.84. The van der Waals surface area contributed by atoms with Gasteiger partial charge in [0.15, 0.2) is 17.2 Å². The molecule has 0 spiro atoms. The molecule has 3 aromatic rings. The van der Waals surface area contributed by atoms with E-state index in [1.54, 1.807) is 30.3 Å². The van der Waals surface area contributed by atoms with Crippen LogP contribution in [0.1, 0.15) is 46.7 Å². The van der Waals surface area contributed by atoms with Crippen LogP contribution in [0, 0.1) is 17.6 Å². The summed E-state index contributed by atoms with van der Waals surface area (Å²) in [5, 5.41) is 5.03. The van der Waals surface area contributed by atoms with Crippen LogP contribution in [0.4, 0.5) is 14.5 Å². The first kappa shape index (κ1) is 24.3. The molecule has 0 atom stereocenters. The largest absolute Gasteiger partial charge is 0.422 e. The number of para-hydroxylation sites is 1. The second-order valence-corrected chi connectivity index (χ2v) is 8.49. The number of carbonyl (C=O) groups is 3. The molecule has 8 nitrogen and oxygen atoms in total. The molecule has 182 valence electrons. The smallest absolute Gasteiger partial charge is 0.362 e. The van der Waals surface area contributed by atoms with E-state index in [0.717, 1.165) is 6.07 Å². The maximum absolute atomic E-state index is 14.0. The lowest BCUT2D eigenvalue weighted by Gasteiger charge is -2.28. The summed E-state index contributed by atoms with van der Waals surface area (Å²) in [6.07, 6.45) is 3.06. The maximum Gasteiger partial charge on any atom is 0.362 e. The summed E-state index contributed by atoms with van der Waals surface area (Å²) < 4.78 is 32.4. The maximum atomic E-state index is 14.0. The normalized spacial score (nSPS) is 17.5. The van der Waals surface area contributed by atoms with Crippen molar-refractivity contribution >= 4 is 35.1 Å². The molecule has 2 amide bonds. The third-order valence-electron chi connectivity index (χ3n) is 5.70. The van der Waals surface area contributed by atoms with Gasteiger partial charge in [0.25, 0.3) is 5.91 Å². The molecule has 0 aliphatic heterocycles. The number of amides is 2. The van der Waals surface area contributed by atoms with Gasteiger partial charge in [0.05, 0.1) is 17.0 Å². The quantitative estimate of drug-likeness (QED) is 0.339. The van der Waals surface area contributed by atoms with Crippen molar-refractivity contribution in [1.29, 1.82) is 0 Å². The molecule has 2 aromatic carbocycles. The number of anilines is 1. The van der Waals surface area contributed by atoms with Gasteiger partial charge in [-0.2, -0.15) is 0 Å². The molecule has 0 unspecified atom stereocenters. The van der Waals surface area contributed by atoms with Gasteiger partial charge in [-0.05, 0) is 43.9 Å². The van der Waals surface area contributed by atoms with Gasteiger partial charge >= 0.3 is 5.97 Å². The average Bonchev–Trinajstić information content (AvgIpc) is 3.33. The van der Waals surface area contributed by atoms with E-state index in [4.69, 9.17) is 16.3 Å². The Morgan fingerprint density at radius 3 is 2.46 bits per heavy atom. The Morgan fingerprint density at radius 2 is 1.77 bits per heavy atom. The van der Waals surface area contributed by atoms with Crippen LogP contribution in [-0.4, -0.2) is 33.8 Å². The molecular formula is C24H21ClF2N4O4. The van der Waals surface area contributed by atoms with E-state index in [1.807, 2.05) is 0 Å². The Bertz CT molecular complexity index is 1220. The van der Waals surface area contributed by atoms with E-state index in [-0.39, 0.29) is 28.1 Å². The van der Waals surface area contributed by atoms with Crippen LogP contribution in [0.15, 0.2) is 48.8 Å². The first-order chi connectivity index (χ1) is 16.8. The van der Waals surface area contributed by atoms with Crippen LogP contribution < -0.4 is 15.4 Å². The van der Waals surface area contributed by atoms with Gasteiger partial charge in [-0.25, -0.2) is 18.6 Å². The third-order valence-corrected chi connectivity index (χ3v) is 6.00. The molecule has 4 rings (SSSR count). The zero-order chi connectivity index (χ0) is 24.9. The minimum atomic E-state index is -0.954. The van der Waals surface area contributed by atoms with Gasteiger partial charge < -0.3 is 20.4 Å². The highest BCUT2D eigenvalue weighted by molar-refractivity contribution is 6.33. The zero-order valence-electron chi connectivity index (χ0n) is 18.3. The molecule has 1 fully saturated rings. The number of aromatic amines is 1. The second kappa shape index (κ2) is 10.6. The number of aromatic nitrogens is 2. The summed E-state index contributed by atoms with van der Waals surface area (Å²) in [6, 6.07) is 9.75. The Kier molecular flexibility index (Phi) is 7.40. The molecule has 1 aromatic heterocycles. The molecule has 11 heteroatoms. The van der Waals surface area contributed by atoms with Crippen LogP contribution in [-0.2, 0) is 4.79 Å². The lowest BCUT2D eigenvalue weighted by molar-refractivity contribution is -0.120. The van der Waals surface area contributed by atoms with Crippen molar-refractivity contribution in [2.45, 2.75) is 31.7 Å². The van der Waals surface area contributed by atoms with Crippen molar-refractivity contribution < 1.29 is 27.9 Å². The van der Waals surface area contributed by atoms with E-state index in [0.29, 0.717) is 37.5 Å². The predicted octanol–water partition coefficient (Wildman–Crippen LogP) is 4.49. The van der Waals surface area contributed by atoms with E-state index >= 15 is 0 Å². The lowest BCUT2D eigenvalue weighted by atomic mass is 9.85. The second-order valence-electron chi connectivity index (χ2n) is 8.08. The van der Waals surface area contributed by atoms with Gasteiger partial charge in [0, 0.05) is 18.0 Å². The fraction of sp³-hybridized carbons (Fsp3) is 0.250. The Morgan fingerprint density at radius 1 is 1.06 bits per heavy atom. The number of rotatable bonds is 6. The highest BCUT2D eigenvalue weighted by Crippen LogP contribution is 2.30. The number of nitrogens with zero attached hydrogens (tertiary/aromatic N) is 1. The number of hydrogen-bond donors (Lipinski definition) is 3. The number of imidazole rings is 1. The summed E-state index contributed by atoms with van der Waals surface area (Å²) in [5.74, 6) is -3.60. The minimum absolute atomic E-state index is 0.0716. The molecule has 0 saturated heterocycles. The number of hydrogen-bond acceptors (Lipinski definition) is 5. The monoisotopic (exact) mass is 502 g/mol. The van der Waals surface area contributed by atoms with Crippen molar-refractivity contribution in [2.24, 2.45) is 5.92 Å². The molecule has 3 N–H and O–H groups in total. The molecular weight excluding hydrogens is 482 g/mol. The fourth-order valence-electron chi connectivity index (χ4n) is 3.91. The van der Waals surface area contributed by atoms with Crippen molar-refractivity contribution in [3.8, 4) is 5.75 Å². The number of ether oxygens (including phenoxy) is 1. The van der Waals surface area contributed by atoms with E-state index < -0.39 is 35.3 Å². The molecule has 0 bridgehead atoms. The summed E-state index contributed by atoms with van der Waals surface area (Å²) in [7, 11) is 0. The fourth-order valence-corrected chi connectivity index (χ4v) is 4.15. The van der Waals surface area contributed by atoms with Gasteiger partial charge in [-0.3, -0.25) is 9.59 Å². The van der Waals surface area contributed by atoms with Crippen molar-refractivity contribution in [3.63, 3.8) is 0 Å². The van der Waals surface area contributed by atoms with Gasteiger partial charge in [-0.15, -0.1) is 0 Å². The van der Waals surface area contributed by atoms with Gasteiger partial charge in [0.2, 0.25) is 5.91 Å². The van der Waals surface area contributed by atoms with E-state index in [2.05, 4.69) is 20.6 Å². The summed E-state index contributed by atoms with van der Waals surface area (Å²) in [6.45, 7) is 0. The molecule has 1 aliphatic rings. The number of H-pyrrole nitrogens is 1. The molecule has 1 heterocycles. The zero-order valence-corrected chi connectivity index (χ0v) is 19.1. The number of nitrogens with one attached hydrogen (secondary N) is 3. The molecule has 1 aliphatic carbocycles. The minimum Gasteiger partial charge on any atom is -0.422 e. The van der Waals surface area contributed by atoms with Crippen molar-refractivity contribution in [3.05, 3.63) is 76.8 Å². The number of carbonyl (C=O) groups excluding carboxylic acids is 3. The van der Waals surface area contributed by atoms with Crippen molar-refractivity contribution in [1.82, 2.24) is 15.3 Å². The molecule has 1 saturated carbocycles. The van der Waals surface area contributed by atoms with E-state index in [1.165, 1.54) is 6.33 Å². The number of esters is 1. The van der Waals surface area contributed by atoms with Crippen LogP contribution in [0.3, 0.4) is 0 Å². The first-order valence-corrected chi connectivity index (χ1v) is 11.3.